The number of carbonyl (C=O) groups is 3. The predicted molar refractivity (Wildman–Crippen MR) is 170 cm³/mol. The molecule has 8 nitrogen and oxygen atoms in total. The van der Waals surface area contributed by atoms with E-state index >= 15 is 0 Å². The molecule has 0 saturated carbocycles. The van der Waals surface area contributed by atoms with Crippen LogP contribution in [-0.4, -0.2) is 49.0 Å². The fraction of sp³-hybridized carbons (Fsp3) is 0.250. The van der Waals surface area contributed by atoms with Gasteiger partial charge in [-0.05, 0) is 53.6 Å². The Hall–Kier alpha value is -5.11. The average Bonchev–Trinajstić information content (AvgIpc) is 3.06. The summed E-state index contributed by atoms with van der Waals surface area (Å²) < 4.78 is 10.7. The van der Waals surface area contributed by atoms with Gasteiger partial charge in [0.1, 0.15) is 18.4 Å². The third kappa shape index (κ3) is 9.19. The summed E-state index contributed by atoms with van der Waals surface area (Å²) in [5.41, 5.74) is 9.44. The zero-order valence-electron chi connectivity index (χ0n) is 24.9. The van der Waals surface area contributed by atoms with Gasteiger partial charge in [-0.15, -0.1) is 0 Å². The van der Waals surface area contributed by atoms with E-state index in [1.165, 1.54) is 0 Å². The van der Waals surface area contributed by atoms with Crippen molar-refractivity contribution in [2.75, 3.05) is 20.2 Å². The average molecular weight is 594 g/mol. The number of hydrogen-bond donors (Lipinski definition) is 2. The summed E-state index contributed by atoms with van der Waals surface area (Å²) in [7, 11) is 1.61. The van der Waals surface area contributed by atoms with E-state index in [0.717, 1.165) is 22.3 Å². The number of nitrogens with two attached hydrogens (primary N) is 1. The Morgan fingerprint density at radius 2 is 1.39 bits per heavy atom. The molecule has 0 bridgehead atoms. The second-order valence-electron chi connectivity index (χ2n) is 10.4. The van der Waals surface area contributed by atoms with Gasteiger partial charge in [-0.3, -0.25) is 9.59 Å². The van der Waals surface area contributed by atoms with Crippen LogP contribution in [0.2, 0.25) is 0 Å². The number of hydrogen-bond acceptors (Lipinski definition) is 5. The van der Waals surface area contributed by atoms with Gasteiger partial charge in [0, 0.05) is 13.1 Å². The number of nitrogens with zero attached hydrogens (tertiary/aromatic N) is 1. The lowest BCUT2D eigenvalue weighted by Gasteiger charge is -2.33. The van der Waals surface area contributed by atoms with E-state index in [-0.39, 0.29) is 32.0 Å². The van der Waals surface area contributed by atoms with Crippen LogP contribution in [0.15, 0.2) is 115 Å². The van der Waals surface area contributed by atoms with E-state index in [9.17, 15) is 14.4 Å². The van der Waals surface area contributed by atoms with E-state index in [4.69, 9.17) is 15.2 Å². The fourth-order valence-electron chi connectivity index (χ4n) is 5.14. The van der Waals surface area contributed by atoms with Crippen molar-refractivity contribution in [2.45, 2.75) is 37.8 Å². The van der Waals surface area contributed by atoms with Crippen molar-refractivity contribution in [3.05, 3.63) is 138 Å². The number of methoxy groups -OCH3 is 1. The fourth-order valence-corrected chi connectivity index (χ4v) is 5.14. The smallest absolute Gasteiger partial charge is 0.407 e. The Balaban J connectivity index is 1.51. The highest BCUT2D eigenvalue weighted by Crippen LogP contribution is 2.29. The maximum atomic E-state index is 14.5. The van der Waals surface area contributed by atoms with E-state index in [1.807, 2.05) is 115 Å². The van der Waals surface area contributed by atoms with Crippen molar-refractivity contribution >= 4 is 17.9 Å². The molecule has 3 amide bonds. The van der Waals surface area contributed by atoms with Crippen LogP contribution in [0, 0.1) is 0 Å². The van der Waals surface area contributed by atoms with E-state index in [1.54, 1.807) is 12.0 Å². The molecule has 4 rings (SSSR count). The lowest BCUT2D eigenvalue weighted by Crippen LogP contribution is -2.50. The standard InChI is InChI=1S/C36H39N3O5/c1-43-31-20-11-15-27(25-31)22-24-39(35(41)33(29-16-7-3-8-17-29)30-18-9-4-10-19-30)32(34(37)40)21-12-23-38-36(42)44-26-28-13-5-2-6-14-28/h2-11,13-20,25,32-33H,12,21-24,26H2,1H3,(H2,37,40)(H,38,42)/t32-/m1/s1. The monoisotopic (exact) mass is 593 g/mol. The third-order valence-corrected chi connectivity index (χ3v) is 7.41. The summed E-state index contributed by atoms with van der Waals surface area (Å²) in [6, 6.07) is 35.2. The largest absolute Gasteiger partial charge is 0.497 e. The first-order valence-corrected chi connectivity index (χ1v) is 14.7. The van der Waals surface area contributed by atoms with Crippen LogP contribution in [-0.2, 0) is 27.4 Å². The maximum absolute atomic E-state index is 14.5. The highest BCUT2D eigenvalue weighted by Gasteiger charge is 2.34. The van der Waals surface area contributed by atoms with E-state index in [0.29, 0.717) is 18.6 Å². The quantitative estimate of drug-likeness (QED) is 0.178. The number of alkyl carbamates (subject to hydrolysis) is 1. The molecule has 1 atom stereocenters. The van der Waals surface area contributed by atoms with Gasteiger partial charge in [0.2, 0.25) is 11.8 Å². The number of amides is 3. The van der Waals surface area contributed by atoms with Gasteiger partial charge in [0.25, 0.3) is 0 Å². The molecule has 4 aromatic carbocycles. The molecule has 0 spiro atoms. The Kier molecular flexibility index (Phi) is 11.9. The first-order valence-electron chi connectivity index (χ1n) is 14.7. The van der Waals surface area contributed by atoms with Gasteiger partial charge in [-0.1, -0.05) is 103 Å². The second-order valence-corrected chi connectivity index (χ2v) is 10.4. The molecule has 0 aliphatic rings. The molecule has 4 aromatic rings. The van der Waals surface area contributed by atoms with Crippen LogP contribution in [0.1, 0.15) is 41.0 Å². The zero-order chi connectivity index (χ0) is 31.1. The predicted octanol–water partition coefficient (Wildman–Crippen LogP) is 5.46. The molecular formula is C36H39N3O5. The number of carbonyl (C=O) groups excluding carboxylic acids is 3. The van der Waals surface area contributed by atoms with Crippen molar-refractivity contribution in [3.8, 4) is 5.75 Å². The van der Waals surface area contributed by atoms with Crippen molar-refractivity contribution in [3.63, 3.8) is 0 Å². The second kappa shape index (κ2) is 16.5. The van der Waals surface area contributed by atoms with Crippen LogP contribution in [0.4, 0.5) is 4.79 Å². The topological polar surface area (TPSA) is 111 Å². The van der Waals surface area contributed by atoms with Gasteiger partial charge < -0.3 is 25.4 Å². The number of rotatable bonds is 15. The van der Waals surface area contributed by atoms with Crippen LogP contribution in [0.25, 0.3) is 0 Å². The molecule has 0 saturated heterocycles. The van der Waals surface area contributed by atoms with Gasteiger partial charge in [0.05, 0.1) is 13.0 Å². The molecule has 8 heteroatoms. The summed E-state index contributed by atoms with van der Waals surface area (Å²) in [5, 5.41) is 2.73. The third-order valence-electron chi connectivity index (χ3n) is 7.41. The molecule has 3 N–H and O–H groups in total. The van der Waals surface area contributed by atoms with Crippen LogP contribution >= 0.6 is 0 Å². The van der Waals surface area contributed by atoms with Gasteiger partial charge in [-0.25, -0.2) is 4.79 Å². The van der Waals surface area contributed by atoms with Crippen LogP contribution < -0.4 is 15.8 Å². The van der Waals surface area contributed by atoms with Crippen LogP contribution in [0.5, 0.6) is 5.75 Å². The zero-order valence-corrected chi connectivity index (χ0v) is 24.9. The summed E-state index contributed by atoms with van der Waals surface area (Å²) in [6.45, 7) is 0.682. The van der Waals surface area contributed by atoms with Crippen molar-refractivity contribution < 1.29 is 23.9 Å². The Bertz CT molecular complexity index is 1440. The number of nitrogens with one attached hydrogen (secondary N) is 1. The molecule has 0 aromatic heterocycles. The maximum Gasteiger partial charge on any atom is 0.407 e. The summed E-state index contributed by atoms with van der Waals surface area (Å²) >= 11 is 0. The van der Waals surface area contributed by atoms with E-state index < -0.39 is 24.0 Å². The van der Waals surface area contributed by atoms with Gasteiger partial charge in [-0.2, -0.15) is 0 Å². The SMILES string of the molecule is COc1cccc(CCN(C(=O)C(c2ccccc2)c2ccccc2)[C@H](CCCNC(=O)OCc2ccccc2)C(N)=O)c1. The Morgan fingerprint density at radius 1 is 0.795 bits per heavy atom. The van der Waals surface area contributed by atoms with E-state index in [2.05, 4.69) is 5.32 Å². The minimum absolute atomic E-state index is 0.156. The van der Waals surface area contributed by atoms with Crippen molar-refractivity contribution in [2.24, 2.45) is 5.73 Å². The van der Waals surface area contributed by atoms with Crippen molar-refractivity contribution in [1.82, 2.24) is 10.2 Å². The highest BCUT2D eigenvalue weighted by molar-refractivity contribution is 5.92. The summed E-state index contributed by atoms with van der Waals surface area (Å²) in [5.74, 6) is -0.737. The number of benzene rings is 4. The van der Waals surface area contributed by atoms with Gasteiger partial charge in [0.15, 0.2) is 0 Å². The molecule has 0 radical (unpaired) electrons. The molecule has 228 valence electrons. The van der Waals surface area contributed by atoms with Crippen molar-refractivity contribution in [1.29, 1.82) is 0 Å². The highest BCUT2D eigenvalue weighted by atomic mass is 16.5. The van der Waals surface area contributed by atoms with Crippen LogP contribution in [0.3, 0.4) is 0 Å². The Morgan fingerprint density at radius 3 is 1.98 bits per heavy atom. The Labute approximate surface area is 258 Å². The molecule has 0 fully saturated rings. The normalized spacial score (nSPS) is 11.4. The number of ether oxygens (including phenoxy) is 2. The van der Waals surface area contributed by atoms with Gasteiger partial charge >= 0.3 is 6.09 Å². The lowest BCUT2D eigenvalue weighted by molar-refractivity contribution is -0.140. The summed E-state index contributed by atoms with van der Waals surface area (Å²) in [4.78, 5) is 41.3. The molecule has 0 heterocycles. The minimum atomic E-state index is -0.884. The lowest BCUT2D eigenvalue weighted by atomic mass is 9.89. The first-order chi connectivity index (χ1) is 21.5. The number of primary amides is 1. The molecule has 0 unspecified atom stereocenters. The minimum Gasteiger partial charge on any atom is -0.497 e. The molecule has 0 aliphatic carbocycles. The molecule has 44 heavy (non-hydrogen) atoms. The summed E-state index contributed by atoms with van der Waals surface area (Å²) in [6.07, 6.45) is 0.628. The molecule has 0 aliphatic heterocycles. The first kappa shape index (κ1) is 31.8. The molecular weight excluding hydrogens is 554 g/mol.